The van der Waals surface area contributed by atoms with E-state index in [1.54, 1.807) is 12.1 Å². The average Bonchev–Trinajstić information content (AvgIpc) is 3.27. The Bertz CT molecular complexity index is 1100. The van der Waals surface area contributed by atoms with E-state index in [9.17, 15) is 23.7 Å². The Morgan fingerprint density at radius 2 is 2.10 bits per heavy atom. The summed E-state index contributed by atoms with van der Waals surface area (Å²) in [5.41, 5.74) is -0.784. The predicted octanol–water partition coefficient (Wildman–Crippen LogP) is 0.968. The van der Waals surface area contributed by atoms with Crippen molar-refractivity contribution in [3.8, 4) is 0 Å². The average molecular weight is 425 g/mol. The van der Waals surface area contributed by atoms with Gasteiger partial charge in [-0.2, -0.15) is 9.15 Å². The Morgan fingerprint density at radius 3 is 2.86 bits per heavy atom. The molecular weight excluding hydrogens is 408 g/mol. The molecule has 10 nitrogen and oxygen atoms in total. The number of ether oxygens (including phenoxy) is 1. The van der Waals surface area contributed by atoms with Gasteiger partial charge in [-0.05, 0) is 5.56 Å². The van der Waals surface area contributed by atoms with Crippen LogP contribution < -0.4 is 11.2 Å². The number of benzene rings is 1. The molecule has 1 aromatic carbocycles. The van der Waals surface area contributed by atoms with Crippen LogP contribution in [-0.2, 0) is 18.3 Å². The molecule has 0 spiro atoms. The molecule has 29 heavy (non-hydrogen) atoms. The molecule has 0 aliphatic carbocycles. The van der Waals surface area contributed by atoms with Gasteiger partial charge in [-0.3, -0.25) is 23.4 Å². The summed E-state index contributed by atoms with van der Waals surface area (Å²) in [6.07, 6.45) is -2.39. The molecule has 1 saturated heterocycles. The number of aliphatic hydroxyl groups excluding tert-OH is 1. The van der Waals surface area contributed by atoms with Crippen molar-refractivity contribution in [2.75, 3.05) is 13.2 Å². The van der Waals surface area contributed by atoms with Crippen molar-refractivity contribution in [2.45, 2.75) is 24.9 Å². The molecule has 2 aliphatic rings. The van der Waals surface area contributed by atoms with Crippen LogP contribution in [0.5, 0.6) is 0 Å². The number of aromatic nitrogens is 2. The van der Waals surface area contributed by atoms with E-state index in [4.69, 9.17) is 13.8 Å². The zero-order valence-corrected chi connectivity index (χ0v) is 15.8. The smallest absolute Gasteiger partial charge is 0.390 e. The van der Waals surface area contributed by atoms with Crippen LogP contribution in [0.3, 0.4) is 0 Å². The van der Waals surface area contributed by atoms with Crippen LogP contribution in [0, 0.1) is 5.82 Å². The summed E-state index contributed by atoms with van der Waals surface area (Å²) < 4.78 is 47.0. The van der Waals surface area contributed by atoms with Gasteiger partial charge in [-0.25, -0.2) is 9.36 Å². The van der Waals surface area contributed by atoms with E-state index >= 15 is 0 Å². The number of H-pyrrole nitrogens is 1. The third-order valence-corrected chi connectivity index (χ3v) is 5.97. The molecule has 2 aromatic rings. The summed E-state index contributed by atoms with van der Waals surface area (Å²) in [5.74, 6) is -1.16. The Balaban J connectivity index is 1.43. The monoisotopic (exact) mass is 425 g/mol. The second kappa shape index (κ2) is 7.77. The summed E-state index contributed by atoms with van der Waals surface area (Å²) in [7, 11) is -3.77. The Morgan fingerprint density at radius 1 is 1.34 bits per heavy atom. The third-order valence-electron chi connectivity index (χ3n) is 4.56. The number of nitrogens with one attached hydrogen (secondary N) is 1. The van der Waals surface area contributed by atoms with Crippen LogP contribution in [0.1, 0.15) is 18.2 Å². The summed E-state index contributed by atoms with van der Waals surface area (Å²) >= 11 is 0. The number of halogens is 1. The van der Waals surface area contributed by atoms with E-state index in [0.717, 1.165) is 10.1 Å². The van der Waals surface area contributed by atoms with Crippen LogP contribution in [0.15, 0.2) is 50.9 Å². The maximum absolute atomic E-state index is 13.5. The highest BCUT2D eigenvalue weighted by molar-refractivity contribution is 7.53. The van der Waals surface area contributed by atoms with E-state index in [2.05, 4.69) is 4.76 Å². The lowest BCUT2D eigenvalue weighted by molar-refractivity contribution is -0.0431. The van der Waals surface area contributed by atoms with Gasteiger partial charge in [0, 0.05) is 6.42 Å². The van der Waals surface area contributed by atoms with Crippen molar-refractivity contribution in [3.05, 3.63) is 68.7 Å². The van der Waals surface area contributed by atoms with Crippen LogP contribution in [0.25, 0.3) is 0 Å². The molecule has 0 saturated carbocycles. The summed E-state index contributed by atoms with van der Waals surface area (Å²) in [5, 5.41) is 10.2. The largest absolute Gasteiger partial charge is 0.454 e. The molecule has 4 atom stereocenters. The Kier molecular flexibility index (Phi) is 5.32. The number of aliphatic hydroxyl groups is 1. The molecule has 0 radical (unpaired) electrons. The molecule has 1 unspecified atom stereocenters. The minimum absolute atomic E-state index is 0.0179. The highest BCUT2D eigenvalue weighted by Gasteiger charge is 2.39. The number of aromatic amines is 1. The van der Waals surface area contributed by atoms with Crippen LogP contribution >= 0.6 is 7.75 Å². The van der Waals surface area contributed by atoms with Gasteiger partial charge < -0.3 is 9.84 Å². The minimum Gasteiger partial charge on any atom is -0.390 e. The number of nitrogens with zero attached hydrogens (tertiary/aromatic N) is 2. The lowest BCUT2D eigenvalue weighted by Gasteiger charge is -2.17. The molecule has 0 bridgehead atoms. The molecule has 12 heteroatoms. The zero-order chi connectivity index (χ0) is 20.6. The fraction of sp³-hybridized carbons (Fsp3) is 0.353. The minimum atomic E-state index is -3.77. The van der Waals surface area contributed by atoms with Crippen LogP contribution in [0.4, 0.5) is 4.39 Å². The van der Waals surface area contributed by atoms with Crippen molar-refractivity contribution in [3.63, 3.8) is 0 Å². The molecule has 3 heterocycles. The van der Waals surface area contributed by atoms with Crippen LogP contribution in [0.2, 0.25) is 0 Å². The highest BCUT2D eigenvalue weighted by Crippen LogP contribution is 2.54. The normalized spacial score (nSPS) is 29.2. The maximum Gasteiger partial charge on any atom is 0.454 e. The van der Waals surface area contributed by atoms with Crippen molar-refractivity contribution in [1.82, 2.24) is 9.55 Å². The summed E-state index contributed by atoms with van der Waals surface area (Å²) in [6, 6.07) is 9.06. The Labute approximate surface area is 163 Å². The zero-order valence-electron chi connectivity index (χ0n) is 14.9. The maximum atomic E-state index is 13.5. The van der Waals surface area contributed by atoms with Crippen molar-refractivity contribution < 1.29 is 27.8 Å². The van der Waals surface area contributed by atoms with Crippen molar-refractivity contribution >= 4 is 13.5 Å². The topological polar surface area (TPSA) is 132 Å². The molecule has 1 aromatic heterocycles. The van der Waals surface area contributed by atoms with Gasteiger partial charge >= 0.3 is 13.4 Å². The Hall–Kier alpha value is -2.43. The van der Waals surface area contributed by atoms with Gasteiger partial charge in [0.15, 0.2) is 0 Å². The number of hydrogen-bond donors (Lipinski definition) is 2. The standard InChI is InChI=1S/C17H17FN3O7P/c18-11-7-21(17(24)19-16(11)23)15-6-13(22)14(28-15)9-27-29(25)20-12(8-26-29)10-4-2-1-3-5-10/h1-5,7,13-15,22H,6,8-9H2,(H,19,23,24)/t13-,14+,15+,29?/m0/s1. The molecule has 1 fully saturated rings. The van der Waals surface area contributed by atoms with Gasteiger partial charge in [0.2, 0.25) is 5.82 Å². The molecule has 154 valence electrons. The SMILES string of the molecule is O=c1[nH]c(=O)n([C@H]2C[C@H](O)[C@@H](COP3(=O)N=C(c4ccccc4)CO3)O2)cc1F. The van der Waals surface area contributed by atoms with Gasteiger partial charge in [0.05, 0.1) is 24.6 Å². The lowest BCUT2D eigenvalue weighted by Crippen LogP contribution is -2.34. The van der Waals surface area contributed by atoms with Gasteiger partial charge in [-0.15, -0.1) is 0 Å². The van der Waals surface area contributed by atoms with E-state index in [0.29, 0.717) is 11.9 Å². The van der Waals surface area contributed by atoms with Crippen molar-refractivity contribution in [2.24, 2.45) is 4.76 Å². The molecule has 2 aliphatic heterocycles. The second-order valence-electron chi connectivity index (χ2n) is 6.53. The van der Waals surface area contributed by atoms with E-state index in [1.807, 2.05) is 23.2 Å². The second-order valence-corrected chi connectivity index (χ2v) is 8.18. The molecule has 0 amide bonds. The quantitative estimate of drug-likeness (QED) is 0.682. The summed E-state index contributed by atoms with van der Waals surface area (Å²) in [6.45, 7) is -0.300. The lowest BCUT2D eigenvalue weighted by atomic mass is 10.1. The highest BCUT2D eigenvalue weighted by atomic mass is 31.2. The first-order chi connectivity index (χ1) is 13.8. The predicted molar refractivity (Wildman–Crippen MR) is 98.3 cm³/mol. The van der Waals surface area contributed by atoms with Gasteiger partial charge in [0.25, 0.3) is 5.56 Å². The van der Waals surface area contributed by atoms with Crippen LogP contribution in [-0.4, -0.2) is 45.8 Å². The first-order valence-electron chi connectivity index (χ1n) is 8.73. The third kappa shape index (κ3) is 4.14. The van der Waals surface area contributed by atoms with Gasteiger partial charge in [0.1, 0.15) is 18.9 Å². The first kappa shape index (κ1) is 19.9. The van der Waals surface area contributed by atoms with E-state index in [1.165, 1.54) is 0 Å². The van der Waals surface area contributed by atoms with Gasteiger partial charge in [-0.1, -0.05) is 30.3 Å². The molecule has 4 rings (SSSR count). The van der Waals surface area contributed by atoms with Crippen molar-refractivity contribution in [1.29, 1.82) is 0 Å². The first-order valence-corrected chi connectivity index (χ1v) is 10.2. The number of hydrogen-bond acceptors (Lipinski definition) is 7. The van der Waals surface area contributed by atoms with E-state index < -0.39 is 43.2 Å². The number of rotatable bonds is 5. The molecular formula is C17H17FN3O7P. The molecule has 2 N–H and O–H groups in total. The summed E-state index contributed by atoms with van der Waals surface area (Å²) in [4.78, 5) is 24.8. The fourth-order valence-electron chi connectivity index (χ4n) is 3.06. The fourth-order valence-corrected chi connectivity index (χ4v) is 4.34. The van der Waals surface area contributed by atoms with E-state index in [-0.39, 0.29) is 19.6 Å².